The molecule has 0 radical (unpaired) electrons. The highest BCUT2D eigenvalue weighted by Crippen LogP contribution is 2.24. The highest BCUT2D eigenvalue weighted by Gasteiger charge is 2.24. The largest absolute Gasteiger partial charge is 0.508 e. The maximum Gasteiger partial charge on any atom is 0.260 e. The van der Waals surface area contributed by atoms with Crippen LogP contribution in [0.5, 0.6) is 17.4 Å². The fraction of sp³-hybridized carbons (Fsp3) is 0.214. The molecule has 4 aromatic rings. The van der Waals surface area contributed by atoms with Crippen molar-refractivity contribution >= 4 is 46.6 Å². The predicted molar refractivity (Wildman–Crippen MR) is 155 cm³/mol. The molecule has 43 heavy (non-hydrogen) atoms. The van der Waals surface area contributed by atoms with E-state index in [9.17, 15) is 18.4 Å². The second-order valence-electron chi connectivity index (χ2n) is 9.24. The molecule has 2 aliphatic rings. The maximum atomic E-state index is 13.4. The van der Waals surface area contributed by atoms with E-state index in [4.69, 9.17) is 44.6 Å². The number of hydrogen-bond donors (Lipinski definition) is 3. The van der Waals surface area contributed by atoms with Gasteiger partial charge in [-0.25, -0.2) is 19.3 Å². The van der Waals surface area contributed by atoms with Crippen molar-refractivity contribution in [2.75, 3.05) is 0 Å². The summed E-state index contributed by atoms with van der Waals surface area (Å²) in [6.07, 6.45) is 6.08. The molecule has 2 aromatic heterocycles. The minimum atomic E-state index is -0.713. The number of amides is 2. The van der Waals surface area contributed by atoms with E-state index in [2.05, 4.69) is 30.6 Å². The summed E-state index contributed by atoms with van der Waals surface area (Å²) in [4.78, 5) is 37.0. The van der Waals surface area contributed by atoms with Crippen molar-refractivity contribution in [2.45, 2.75) is 37.8 Å². The summed E-state index contributed by atoms with van der Waals surface area (Å²) >= 11 is 16.0. The fourth-order valence-electron chi connectivity index (χ4n) is 3.12. The van der Waals surface area contributed by atoms with E-state index in [1.165, 1.54) is 12.1 Å². The molecule has 0 spiro atoms. The smallest absolute Gasteiger partial charge is 0.260 e. The zero-order valence-electron chi connectivity index (χ0n) is 22.1. The van der Waals surface area contributed by atoms with Gasteiger partial charge in [-0.3, -0.25) is 9.59 Å². The lowest BCUT2D eigenvalue weighted by Crippen LogP contribution is -2.25. The third kappa shape index (κ3) is 10.6. The van der Waals surface area contributed by atoms with E-state index in [0.29, 0.717) is 29.0 Å². The maximum absolute atomic E-state index is 13.4. The summed E-state index contributed by atoms with van der Waals surface area (Å²) in [7, 11) is 0. The number of ether oxygens (including phenoxy) is 1. The second kappa shape index (κ2) is 14.9. The average Bonchev–Trinajstić information content (AvgIpc) is 3.92. The molecular formula is C28H23Cl3F2N6O4. The van der Waals surface area contributed by atoms with Gasteiger partial charge in [-0.2, -0.15) is 9.37 Å². The molecule has 0 unspecified atom stereocenters. The average molecular weight is 652 g/mol. The first-order valence-corrected chi connectivity index (χ1v) is 13.9. The number of halogens is 5. The molecule has 0 aliphatic heterocycles. The summed E-state index contributed by atoms with van der Waals surface area (Å²) < 4.78 is 30.9. The van der Waals surface area contributed by atoms with Gasteiger partial charge in [-0.1, -0.05) is 11.6 Å². The third-order valence-corrected chi connectivity index (χ3v) is 6.27. The van der Waals surface area contributed by atoms with Gasteiger partial charge in [0, 0.05) is 23.2 Å². The molecule has 15 heteroatoms. The topological polar surface area (TPSA) is 139 Å². The summed E-state index contributed by atoms with van der Waals surface area (Å²) in [5.74, 6) is -1.28. The van der Waals surface area contributed by atoms with Crippen LogP contribution in [0, 0.1) is 11.6 Å². The Labute approximate surface area is 259 Å². The molecule has 2 aliphatic carbocycles. The van der Waals surface area contributed by atoms with Gasteiger partial charge in [0.2, 0.25) is 16.4 Å². The molecule has 2 saturated carbocycles. The zero-order chi connectivity index (χ0) is 30.9. The molecule has 2 fully saturated rings. The first kappa shape index (κ1) is 31.8. The molecule has 0 saturated heterocycles. The molecule has 224 valence electrons. The number of benzene rings is 2. The third-order valence-electron chi connectivity index (χ3n) is 5.64. The zero-order valence-corrected chi connectivity index (χ0v) is 24.4. The number of aromatic nitrogens is 4. The van der Waals surface area contributed by atoms with Crippen LogP contribution in [0.2, 0.25) is 15.7 Å². The number of nitrogens with zero attached hydrogens (tertiary/aromatic N) is 4. The van der Waals surface area contributed by atoms with Gasteiger partial charge in [0.25, 0.3) is 17.7 Å². The van der Waals surface area contributed by atoms with Crippen LogP contribution in [0.1, 0.15) is 46.4 Å². The molecule has 10 nitrogen and oxygen atoms in total. The number of carbonyl (C=O) groups excluding carboxylic acids is 2. The standard InChI is InChI=1S/C14H11ClFN3O2.C10H11NO2.C4HCl2FN2/c15-14-17-7-11(16)13(19-14)21-10-5-1-8(2-6-10)12(20)18-9-3-4-9;12-9-5-1-7(2-6-9)10(13)11-8-3-4-8;5-3-2(7)1-8-4(6)9-3/h1-2,5-7,9H,3-4H2,(H,18,20);1-2,5-6,8,12H,3-4H2,(H,11,13);1H. The van der Waals surface area contributed by atoms with Crippen LogP contribution in [0.25, 0.3) is 0 Å². The Bertz CT molecular complexity index is 1570. The van der Waals surface area contributed by atoms with Gasteiger partial charge in [0.1, 0.15) is 11.5 Å². The number of phenols is 1. The molecule has 2 aromatic carbocycles. The van der Waals surface area contributed by atoms with Crippen LogP contribution in [0.4, 0.5) is 8.78 Å². The molecule has 3 N–H and O–H groups in total. The van der Waals surface area contributed by atoms with Gasteiger partial charge >= 0.3 is 0 Å². The Morgan fingerprint density at radius 2 is 1.21 bits per heavy atom. The van der Waals surface area contributed by atoms with Crippen molar-refractivity contribution in [1.29, 1.82) is 0 Å². The predicted octanol–water partition coefficient (Wildman–Crippen LogP) is 6.16. The van der Waals surface area contributed by atoms with E-state index >= 15 is 0 Å². The van der Waals surface area contributed by atoms with Crippen LogP contribution in [0.3, 0.4) is 0 Å². The number of rotatable bonds is 6. The Morgan fingerprint density at radius 1 is 0.744 bits per heavy atom. The van der Waals surface area contributed by atoms with Crippen molar-refractivity contribution in [2.24, 2.45) is 0 Å². The second-order valence-corrected chi connectivity index (χ2v) is 10.3. The quantitative estimate of drug-likeness (QED) is 0.166. The minimum absolute atomic E-state index is 0.0532. The first-order chi connectivity index (χ1) is 20.6. The Hall–Kier alpha value is -4.13. The minimum Gasteiger partial charge on any atom is -0.508 e. The van der Waals surface area contributed by atoms with Crippen molar-refractivity contribution < 1.29 is 28.2 Å². The molecule has 0 bridgehead atoms. The van der Waals surface area contributed by atoms with Crippen LogP contribution in [0.15, 0.2) is 60.9 Å². The normalized spacial score (nSPS) is 13.4. The van der Waals surface area contributed by atoms with Crippen molar-refractivity contribution in [3.05, 3.63) is 99.4 Å². The molecule has 6 rings (SSSR count). The van der Waals surface area contributed by atoms with Crippen molar-refractivity contribution in [3.63, 3.8) is 0 Å². The van der Waals surface area contributed by atoms with Gasteiger partial charge in [-0.05, 0) is 97.4 Å². The van der Waals surface area contributed by atoms with E-state index in [1.54, 1.807) is 36.4 Å². The Kier molecular flexibility index (Phi) is 11.0. The number of nitrogens with one attached hydrogen (secondary N) is 2. The SMILES string of the molecule is Fc1cnc(Cl)nc1Cl.O=C(NC1CC1)c1ccc(O)cc1.O=C(NC1CC1)c1ccc(Oc2nc(Cl)ncc2F)cc1. The number of carbonyl (C=O) groups is 2. The van der Waals surface area contributed by atoms with Crippen LogP contribution in [-0.4, -0.2) is 48.9 Å². The van der Waals surface area contributed by atoms with Crippen LogP contribution in [-0.2, 0) is 0 Å². The van der Waals surface area contributed by atoms with E-state index < -0.39 is 11.6 Å². The summed E-state index contributed by atoms with van der Waals surface area (Å²) in [5.41, 5.74) is 1.13. The van der Waals surface area contributed by atoms with Gasteiger partial charge < -0.3 is 20.5 Å². The van der Waals surface area contributed by atoms with Crippen LogP contribution < -0.4 is 15.4 Å². The number of phenolic OH excluding ortho intramolecular Hbond substituents is 1. The van der Waals surface area contributed by atoms with Crippen molar-refractivity contribution in [3.8, 4) is 17.4 Å². The molecular weight excluding hydrogens is 629 g/mol. The van der Waals surface area contributed by atoms with E-state index in [-0.39, 0.29) is 39.2 Å². The lowest BCUT2D eigenvalue weighted by atomic mass is 10.2. The summed E-state index contributed by atoms with van der Waals surface area (Å²) in [5, 5.41) is 14.3. The lowest BCUT2D eigenvalue weighted by molar-refractivity contribution is 0.0942. The van der Waals surface area contributed by atoms with Crippen LogP contribution >= 0.6 is 34.8 Å². The van der Waals surface area contributed by atoms with E-state index in [0.717, 1.165) is 38.1 Å². The molecule has 2 heterocycles. The summed E-state index contributed by atoms with van der Waals surface area (Å²) in [6, 6.07) is 13.3. The molecule has 2 amide bonds. The fourth-order valence-corrected chi connectivity index (χ4v) is 3.55. The highest BCUT2D eigenvalue weighted by atomic mass is 35.5. The Balaban J connectivity index is 0.000000163. The monoisotopic (exact) mass is 650 g/mol. The highest BCUT2D eigenvalue weighted by molar-refractivity contribution is 6.31. The van der Waals surface area contributed by atoms with Gasteiger partial charge in [0.15, 0.2) is 11.0 Å². The van der Waals surface area contributed by atoms with Gasteiger partial charge in [-0.15, -0.1) is 0 Å². The van der Waals surface area contributed by atoms with E-state index in [1.807, 2.05) is 0 Å². The lowest BCUT2D eigenvalue weighted by Gasteiger charge is -2.07. The van der Waals surface area contributed by atoms with Crippen molar-refractivity contribution in [1.82, 2.24) is 30.6 Å². The number of aromatic hydroxyl groups is 1. The molecule has 0 atom stereocenters. The first-order valence-electron chi connectivity index (χ1n) is 12.8. The van der Waals surface area contributed by atoms with Gasteiger partial charge in [0.05, 0.1) is 12.4 Å². The number of hydrogen-bond acceptors (Lipinski definition) is 8. The summed E-state index contributed by atoms with van der Waals surface area (Å²) in [6.45, 7) is 0. The Morgan fingerprint density at radius 3 is 1.67 bits per heavy atom.